The molecular formula is C11H7ClN2O2S. The van der Waals surface area contributed by atoms with Gasteiger partial charge in [0.2, 0.25) is 0 Å². The third-order valence-electron chi connectivity index (χ3n) is 2.02. The van der Waals surface area contributed by atoms with Gasteiger partial charge in [0.05, 0.1) is 22.8 Å². The molecule has 4 nitrogen and oxygen atoms in total. The molecule has 2 rings (SSSR count). The van der Waals surface area contributed by atoms with Crippen LogP contribution in [0, 0.1) is 10.1 Å². The van der Waals surface area contributed by atoms with Crippen LogP contribution in [0.2, 0.25) is 4.34 Å². The number of thiazole rings is 1. The van der Waals surface area contributed by atoms with Crippen LogP contribution in [0.25, 0.3) is 11.8 Å². The predicted octanol–water partition coefficient (Wildman–Crippen LogP) is 3.57. The highest BCUT2D eigenvalue weighted by molar-refractivity contribution is 7.16. The zero-order valence-corrected chi connectivity index (χ0v) is 10.1. The molecule has 0 atom stereocenters. The first-order valence-electron chi connectivity index (χ1n) is 4.69. The van der Waals surface area contributed by atoms with Gasteiger partial charge in [0.25, 0.3) is 5.70 Å². The van der Waals surface area contributed by atoms with Gasteiger partial charge in [-0.3, -0.25) is 10.1 Å². The molecule has 1 heterocycles. The van der Waals surface area contributed by atoms with E-state index in [1.165, 1.54) is 23.6 Å². The van der Waals surface area contributed by atoms with Crippen molar-refractivity contribution in [1.29, 1.82) is 0 Å². The van der Waals surface area contributed by atoms with Gasteiger partial charge in [-0.2, -0.15) is 0 Å². The Balaban J connectivity index is 2.43. The van der Waals surface area contributed by atoms with Crippen LogP contribution in [-0.4, -0.2) is 9.91 Å². The predicted molar refractivity (Wildman–Crippen MR) is 68.4 cm³/mol. The molecule has 17 heavy (non-hydrogen) atoms. The lowest BCUT2D eigenvalue weighted by Crippen LogP contribution is -1.97. The molecule has 0 amide bonds. The highest BCUT2D eigenvalue weighted by Gasteiger charge is 2.14. The van der Waals surface area contributed by atoms with Gasteiger partial charge in [-0.1, -0.05) is 29.8 Å². The molecule has 0 saturated carbocycles. The minimum absolute atomic E-state index is 0.0108. The van der Waals surface area contributed by atoms with Crippen molar-refractivity contribution in [3.05, 3.63) is 61.6 Å². The molecule has 1 aromatic heterocycles. The largest absolute Gasteiger partial charge is 0.279 e. The molecule has 0 aliphatic carbocycles. The Morgan fingerprint density at radius 1 is 1.41 bits per heavy atom. The van der Waals surface area contributed by atoms with Crippen molar-refractivity contribution in [1.82, 2.24) is 4.98 Å². The molecule has 2 aromatic rings. The first-order chi connectivity index (χ1) is 8.16. The number of benzene rings is 1. The van der Waals surface area contributed by atoms with E-state index in [4.69, 9.17) is 11.6 Å². The summed E-state index contributed by atoms with van der Waals surface area (Å²) in [7, 11) is 0. The lowest BCUT2D eigenvalue weighted by atomic mass is 10.1. The smallest absolute Gasteiger partial charge is 0.258 e. The number of aromatic nitrogens is 1. The highest BCUT2D eigenvalue weighted by atomic mass is 35.5. The topological polar surface area (TPSA) is 56.0 Å². The molecule has 0 radical (unpaired) electrons. The third kappa shape index (κ3) is 2.89. The van der Waals surface area contributed by atoms with Gasteiger partial charge < -0.3 is 0 Å². The van der Waals surface area contributed by atoms with E-state index in [0.29, 0.717) is 14.9 Å². The number of hydrogen-bond donors (Lipinski definition) is 0. The molecular weight excluding hydrogens is 260 g/mol. The fourth-order valence-corrected chi connectivity index (χ4v) is 2.17. The number of nitro groups is 1. The summed E-state index contributed by atoms with van der Waals surface area (Å²) in [6.07, 6.45) is 2.90. The van der Waals surface area contributed by atoms with Crippen molar-refractivity contribution in [2.45, 2.75) is 0 Å². The van der Waals surface area contributed by atoms with E-state index >= 15 is 0 Å². The minimum atomic E-state index is -0.426. The maximum absolute atomic E-state index is 11.0. The van der Waals surface area contributed by atoms with E-state index in [1.807, 2.05) is 0 Å². The molecule has 86 valence electrons. The van der Waals surface area contributed by atoms with Gasteiger partial charge in [-0.15, -0.1) is 11.3 Å². The van der Waals surface area contributed by atoms with Crippen LogP contribution < -0.4 is 0 Å². The summed E-state index contributed by atoms with van der Waals surface area (Å²) in [5.41, 5.74) is 0.556. The quantitative estimate of drug-likeness (QED) is 0.630. The maximum atomic E-state index is 11.0. The van der Waals surface area contributed by atoms with E-state index in [1.54, 1.807) is 30.3 Å². The van der Waals surface area contributed by atoms with Crippen LogP contribution in [0.1, 0.15) is 10.6 Å². The van der Waals surface area contributed by atoms with Gasteiger partial charge >= 0.3 is 0 Å². The fourth-order valence-electron chi connectivity index (χ4n) is 1.30. The van der Waals surface area contributed by atoms with Crippen LogP contribution in [0.4, 0.5) is 0 Å². The minimum Gasteiger partial charge on any atom is -0.258 e. The second kappa shape index (κ2) is 5.07. The van der Waals surface area contributed by atoms with Crippen LogP contribution in [0.15, 0.2) is 36.5 Å². The van der Waals surface area contributed by atoms with Gasteiger partial charge in [0.1, 0.15) is 9.34 Å². The summed E-state index contributed by atoms with van der Waals surface area (Å²) in [5, 5.41) is 11.5. The SMILES string of the molecule is O=[N+]([O-])/C(=C/c1ncc(Cl)s1)c1ccccc1. The van der Waals surface area contributed by atoms with E-state index in [2.05, 4.69) is 4.98 Å². The van der Waals surface area contributed by atoms with Crippen LogP contribution in [0.3, 0.4) is 0 Å². The second-order valence-corrected chi connectivity index (χ2v) is 4.85. The molecule has 0 spiro atoms. The lowest BCUT2D eigenvalue weighted by molar-refractivity contribution is -0.374. The molecule has 6 heteroatoms. The van der Waals surface area contributed by atoms with Crippen molar-refractivity contribution < 1.29 is 4.92 Å². The summed E-state index contributed by atoms with van der Waals surface area (Å²) in [6.45, 7) is 0. The van der Waals surface area contributed by atoms with Gasteiger partial charge in [-0.25, -0.2) is 4.98 Å². The van der Waals surface area contributed by atoms with Gasteiger partial charge in [0.15, 0.2) is 0 Å². The highest BCUT2D eigenvalue weighted by Crippen LogP contribution is 2.24. The molecule has 0 bridgehead atoms. The first kappa shape index (κ1) is 11.8. The second-order valence-electron chi connectivity index (χ2n) is 3.16. The Morgan fingerprint density at radius 2 is 2.12 bits per heavy atom. The molecule has 0 saturated heterocycles. The summed E-state index contributed by atoms with van der Waals surface area (Å²) >= 11 is 6.93. The molecule has 0 N–H and O–H groups in total. The van der Waals surface area contributed by atoms with Crippen LogP contribution in [0.5, 0.6) is 0 Å². The Morgan fingerprint density at radius 3 is 2.65 bits per heavy atom. The summed E-state index contributed by atoms with van der Waals surface area (Å²) in [5.74, 6) is 0. The number of rotatable bonds is 3. The normalized spacial score (nSPS) is 11.5. The monoisotopic (exact) mass is 266 g/mol. The number of nitrogens with zero attached hydrogens (tertiary/aromatic N) is 2. The molecule has 0 aliphatic rings. The van der Waals surface area contributed by atoms with Gasteiger partial charge in [0, 0.05) is 0 Å². The number of hydrogen-bond acceptors (Lipinski definition) is 4. The maximum Gasteiger partial charge on any atom is 0.279 e. The first-order valence-corrected chi connectivity index (χ1v) is 5.89. The van der Waals surface area contributed by atoms with Crippen LogP contribution >= 0.6 is 22.9 Å². The van der Waals surface area contributed by atoms with Crippen molar-refractivity contribution in [3.63, 3.8) is 0 Å². The van der Waals surface area contributed by atoms with Crippen molar-refractivity contribution in [3.8, 4) is 0 Å². The Hall–Kier alpha value is -1.72. The molecule has 0 fully saturated rings. The van der Waals surface area contributed by atoms with E-state index in [0.717, 1.165) is 0 Å². The molecule has 0 aliphatic heterocycles. The number of halogens is 1. The van der Waals surface area contributed by atoms with Crippen molar-refractivity contribution in [2.75, 3.05) is 0 Å². The van der Waals surface area contributed by atoms with Crippen LogP contribution in [-0.2, 0) is 0 Å². The van der Waals surface area contributed by atoms with E-state index in [-0.39, 0.29) is 5.70 Å². The Labute approximate surface area is 106 Å². The summed E-state index contributed by atoms with van der Waals surface area (Å²) < 4.78 is 0.506. The summed E-state index contributed by atoms with van der Waals surface area (Å²) in [6, 6.07) is 8.68. The Bertz CT molecular complexity index is 566. The van der Waals surface area contributed by atoms with Crippen molar-refractivity contribution >= 4 is 34.7 Å². The average molecular weight is 267 g/mol. The lowest BCUT2D eigenvalue weighted by Gasteiger charge is -1.97. The zero-order chi connectivity index (χ0) is 12.3. The molecule has 1 aromatic carbocycles. The van der Waals surface area contributed by atoms with E-state index in [9.17, 15) is 10.1 Å². The zero-order valence-electron chi connectivity index (χ0n) is 8.54. The van der Waals surface area contributed by atoms with Crippen molar-refractivity contribution in [2.24, 2.45) is 0 Å². The van der Waals surface area contributed by atoms with Gasteiger partial charge in [-0.05, 0) is 12.1 Å². The fraction of sp³-hybridized carbons (Fsp3) is 0. The standard InChI is InChI=1S/C11H7ClN2O2S/c12-10-7-13-11(17-10)6-9(14(15)16)8-4-2-1-3-5-8/h1-7H/b9-6+. The third-order valence-corrected chi connectivity index (χ3v) is 3.08. The Kier molecular flexibility index (Phi) is 3.51. The molecule has 0 unspecified atom stereocenters. The average Bonchev–Trinajstić information content (AvgIpc) is 2.73. The summed E-state index contributed by atoms with van der Waals surface area (Å²) in [4.78, 5) is 14.5. The van der Waals surface area contributed by atoms with E-state index < -0.39 is 4.92 Å².